The Morgan fingerprint density at radius 1 is 1.14 bits per heavy atom. The normalized spacial score (nSPS) is 19.9. The molecular weight excluding hydrogens is 371 g/mol. The number of hydrogen-bond donors (Lipinski definition) is 3. The Kier molecular flexibility index (Phi) is 6.18. The zero-order chi connectivity index (χ0) is 20.1. The number of benzene rings is 1. The van der Waals surface area contributed by atoms with Crippen molar-refractivity contribution < 1.29 is 23.1 Å². The molecule has 1 amide bonds. The number of aliphatic hydroxyl groups excluding tert-OH is 1. The summed E-state index contributed by atoms with van der Waals surface area (Å²) in [4.78, 5) is 16.8. The van der Waals surface area contributed by atoms with Gasteiger partial charge in [-0.15, -0.1) is 0 Å². The van der Waals surface area contributed by atoms with Crippen LogP contribution in [-0.4, -0.2) is 28.6 Å². The number of nitrogens with zero attached hydrogens (tertiary/aromatic N) is 1. The van der Waals surface area contributed by atoms with E-state index in [9.17, 15) is 23.1 Å². The summed E-state index contributed by atoms with van der Waals surface area (Å²) in [6, 6.07) is 7.46. The van der Waals surface area contributed by atoms with Gasteiger partial charge in [0.15, 0.2) is 0 Å². The Morgan fingerprint density at radius 2 is 1.86 bits per heavy atom. The molecule has 1 heterocycles. The highest BCUT2D eigenvalue weighted by Gasteiger charge is 2.30. The van der Waals surface area contributed by atoms with Crippen molar-refractivity contribution in [2.24, 2.45) is 5.92 Å². The van der Waals surface area contributed by atoms with Crippen LogP contribution in [0, 0.1) is 5.92 Å². The number of carbonyl (C=O) groups excluding carboxylic acids is 1. The largest absolute Gasteiger partial charge is 0.416 e. The first-order chi connectivity index (χ1) is 13.3. The van der Waals surface area contributed by atoms with E-state index in [0.29, 0.717) is 12.4 Å². The van der Waals surface area contributed by atoms with E-state index in [1.54, 1.807) is 18.3 Å². The number of anilines is 2. The van der Waals surface area contributed by atoms with Gasteiger partial charge in [0.25, 0.3) is 5.91 Å². The fourth-order valence-electron chi connectivity index (χ4n) is 3.32. The lowest BCUT2D eigenvalue weighted by atomic mass is 9.86. The van der Waals surface area contributed by atoms with E-state index in [0.717, 1.165) is 37.8 Å². The molecule has 1 saturated carbocycles. The minimum atomic E-state index is -4.42. The third-order valence-electron chi connectivity index (χ3n) is 4.92. The molecule has 3 N–H and O–H groups in total. The van der Waals surface area contributed by atoms with Gasteiger partial charge in [0.05, 0.1) is 17.2 Å². The summed E-state index contributed by atoms with van der Waals surface area (Å²) in [6.45, 7) is 0.499. The van der Waals surface area contributed by atoms with E-state index in [1.165, 1.54) is 12.1 Å². The first-order valence-electron chi connectivity index (χ1n) is 9.20. The minimum absolute atomic E-state index is 0.0987. The van der Waals surface area contributed by atoms with Crippen LogP contribution in [0.25, 0.3) is 0 Å². The summed E-state index contributed by atoms with van der Waals surface area (Å²) < 4.78 is 37.9. The highest BCUT2D eigenvalue weighted by molar-refractivity contribution is 6.07. The Balaban J connectivity index is 1.67. The third kappa shape index (κ3) is 5.01. The van der Waals surface area contributed by atoms with Crippen molar-refractivity contribution in [3.63, 3.8) is 0 Å². The maximum absolute atomic E-state index is 12.6. The van der Waals surface area contributed by atoms with Crippen LogP contribution in [0.4, 0.5) is 24.7 Å². The number of halogens is 3. The molecule has 1 fully saturated rings. The van der Waals surface area contributed by atoms with Gasteiger partial charge in [-0.25, -0.2) is 4.98 Å². The van der Waals surface area contributed by atoms with Gasteiger partial charge >= 0.3 is 6.18 Å². The van der Waals surface area contributed by atoms with E-state index >= 15 is 0 Å². The van der Waals surface area contributed by atoms with Gasteiger partial charge < -0.3 is 15.7 Å². The first kappa shape index (κ1) is 20.1. The highest BCUT2D eigenvalue weighted by Crippen LogP contribution is 2.30. The highest BCUT2D eigenvalue weighted by atomic mass is 19.4. The van der Waals surface area contributed by atoms with Crippen molar-refractivity contribution in [1.29, 1.82) is 0 Å². The molecule has 1 aromatic heterocycles. The minimum Gasteiger partial charge on any atom is -0.393 e. The third-order valence-corrected chi connectivity index (χ3v) is 4.92. The second-order valence-electron chi connectivity index (χ2n) is 6.92. The van der Waals surface area contributed by atoms with Crippen molar-refractivity contribution in [1.82, 2.24) is 4.98 Å². The first-order valence-corrected chi connectivity index (χ1v) is 9.20. The van der Waals surface area contributed by atoms with Crippen LogP contribution in [0.5, 0.6) is 0 Å². The van der Waals surface area contributed by atoms with Crippen molar-refractivity contribution in [3.05, 3.63) is 53.7 Å². The van der Waals surface area contributed by atoms with Gasteiger partial charge in [-0.05, 0) is 49.2 Å². The molecule has 150 valence electrons. The van der Waals surface area contributed by atoms with Gasteiger partial charge in [0.1, 0.15) is 5.82 Å². The zero-order valence-electron chi connectivity index (χ0n) is 15.2. The summed E-state index contributed by atoms with van der Waals surface area (Å²) >= 11 is 0. The quantitative estimate of drug-likeness (QED) is 0.708. The van der Waals surface area contributed by atoms with Crippen LogP contribution in [0.15, 0.2) is 42.6 Å². The van der Waals surface area contributed by atoms with Gasteiger partial charge in [-0.3, -0.25) is 4.79 Å². The molecule has 0 saturated heterocycles. The van der Waals surface area contributed by atoms with Gasteiger partial charge in [-0.1, -0.05) is 12.8 Å². The van der Waals surface area contributed by atoms with Crippen LogP contribution in [-0.2, 0) is 6.18 Å². The number of nitrogens with one attached hydrogen (secondary N) is 2. The lowest BCUT2D eigenvalue weighted by Gasteiger charge is -2.28. The number of alkyl halides is 3. The molecule has 1 aliphatic carbocycles. The maximum Gasteiger partial charge on any atom is 0.416 e. The van der Waals surface area contributed by atoms with E-state index in [4.69, 9.17) is 0 Å². The number of amides is 1. The lowest BCUT2D eigenvalue weighted by molar-refractivity contribution is -0.137. The molecule has 0 aliphatic heterocycles. The average Bonchev–Trinajstić information content (AvgIpc) is 2.67. The SMILES string of the molecule is O=C(Nc1ccc(C(F)(F)F)cc1)c1cccnc1NC[C@H]1CCCCC1O. The number of pyridine rings is 1. The Bertz CT molecular complexity index is 809. The molecule has 1 unspecified atom stereocenters. The Morgan fingerprint density at radius 3 is 2.54 bits per heavy atom. The van der Waals surface area contributed by atoms with E-state index in [1.807, 2.05) is 0 Å². The Labute approximate surface area is 161 Å². The Hall–Kier alpha value is -2.61. The van der Waals surface area contributed by atoms with Gasteiger partial charge in [0.2, 0.25) is 0 Å². The van der Waals surface area contributed by atoms with E-state index in [-0.39, 0.29) is 23.3 Å². The molecule has 3 rings (SSSR count). The zero-order valence-corrected chi connectivity index (χ0v) is 15.2. The summed E-state index contributed by atoms with van der Waals surface area (Å²) in [5.41, 5.74) is -0.233. The summed E-state index contributed by atoms with van der Waals surface area (Å²) in [7, 11) is 0. The van der Waals surface area contributed by atoms with Gasteiger partial charge in [0, 0.05) is 24.3 Å². The van der Waals surface area contributed by atoms with E-state index in [2.05, 4.69) is 15.6 Å². The smallest absolute Gasteiger partial charge is 0.393 e. The topological polar surface area (TPSA) is 74.2 Å². The monoisotopic (exact) mass is 393 g/mol. The fourth-order valence-corrected chi connectivity index (χ4v) is 3.32. The molecule has 0 bridgehead atoms. The van der Waals surface area contributed by atoms with E-state index < -0.39 is 17.6 Å². The molecule has 5 nitrogen and oxygen atoms in total. The van der Waals surface area contributed by atoms with Crippen LogP contribution in [0.2, 0.25) is 0 Å². The summed E-state index contributed by atoms with van der Waals surface area (Å²) in [5, 5.41) is 15.8. The molecule has 28 heavy (non-hydrogen) atoms. The fraction of sp³-hybridized carbons (Fsp3) is 0.400. The number of hydrogen-bond acceptors (Lipinski definition) is 4. The van der Waals surface area contributed by atoms with Crippen LogP contribution < -0.4 is 10.6 Å². The molecular formula is C20H22F3N3O2. The summed E-state index contributed by atoms with van der Waals surface area (Å²) in [6.07, 6.45) is 0.523. The molecule has 2 aromatic rings. The maximum atomic E-state index is 12.6. The summed E-state index contributed by atoms with van der Waals surface area (Å²) in [5.74, 6) is 0.00539. The number of aromatic nitrogens is 1. The molecule has 0 radical (unpaired) electrons. The lowest BCUT2D eigenvalue weighted by Crippen LogP contribution is -2.31. The molecule has 1 aromatic carbocycles. The number of aliphatic hydroxyl groups is 1. The average molecular weight is 393 g/mol. The predicted molar refractivity (Wildman–Crippen MR) is 100 cm³/mol. The molecule has 0 spiro atoms. The van der Waals surface area contributed by atoms with Crippen LogP contribution in [0.3, 0.4) is 0 Å². The van der Waals surface area contributed by atoms with Crippen LogP contribution in [0.1, 0.15) is 41.6 Å². The second kappa shape index (κ2) is 8.60. The molecule has 8 heteroatoms. The van der Waals surface area contributed by atoms with Crippen molar-refractivity contribution in [2.45, 2.75) is 38.0 Å². The number of rotatable bonds is 5. The van der Waals surface area contributed by atoms with Crippen LogP contribution >= 0.6 is 0 Å². The van der Waals surface area contributed by atoms with Crippen molar-refractivity contribution >= 4 is 17.4 Å². The van der Waals surface area contributed by atoms with Crippen molar-refractivity contribution in [3.8, 4) is 0 Å². The second-order valence-corrected chi connectivity index (χ2v) is 6.92. The molecule has 1 aliphatic rings. The number of carbonyl (C=O) groups is 1. The standard InChI is InChI=1S/C20H22F3N3O2/c21-20(22,23)14-7-9-15(10-8-14)26-19(28)16-5-3-11-24-18(16)25-12-13-4-1-2-6-17(13)27/h3,5,7-11,13,17,27H,1-2,4,6,12H2,(H,24,25)(H,26,28)/t13-,17?/m1/s1. The molecule has 2 atom stereocenters. The van der Waals surface area contributed by atoms with Crippen molar-refractivity contribution in [2.75, 3.05) is 17.2 Å². The predicted octanol–water partition coefficient (Wildman–Crippen LogP) is 4.32. The van der Waals surface area contributed by atoms with Gasteiger partial charge in [-0.2, -0.15) is 13.2 Å².